The maximum absolute atomic E-state index is 13.2. The molecule has 8 heteroatoms. The molecule has 1 saturated heterocycles. The average molecular weight is 360 g/mol. The van der Waals surface area contributed by atoms with Gasteiger partial charge in [0.15, 0.2) is 5.82 Å². The summed E-state index contributed by atoms with van der Waals surface area (Å²) in [6.07, 6.45) is 1.33. The Morgan fingerprint density at radius 2 is 1.81 bits per heavy atom. The van der Waals surface area contributed by atoms with E-state index in [-0.39, 0.29) is 12.5 Å². The van der Waals surface area contributed by atoms with Crippen molar-refractivity contribution < 1.29 is 9.59 Å². The van der Waals surface area contributed by atoms with E-state index in [0.29, 0.717) is 12.2 Å². The first-order chi connectivity index (χ1) is 13.2. The van der Waals surface area contributed by atoms with Gasteiger partial charge in [0.05, 0.1) is 12.2 Å². The van der Waals surface area contributed by atoms with E-state index in [1.807, 2.05) is 54.6 Å². The molecule has 1 aliphatic carbocycles. The second kappa shape index (κ2) is 5.73. The predicted octanol–water partition coefficient (Wildman–Crippen LogP) is 1.56. The van der Waals surface area contributed by atoms with Crippen LogP contribution in [0.2, 0.25) is 0 Å². The fourth-order valence-electron chi connectivity index (χ4n) is 3.95. The summed E-state index contributed by atoms with van der Waals surface area (Å²) < 4.78 is 1.54. The third-order valence-corrected chi connectivity index (χ3v) is 5.26. The van der Waals surface area contributed by atoms with Crippen molar-refractivity contribution in [3.8, 4) is 5.69 Å². The Morgan fingerprint density at radius 3 is 2.67 bits per heavy atom. The number of carbonyl (C=O) groups is 2. The van der Waals surface area contributed by atoms with Crippen molar-refractivity contribution in [2.24, 2.45) is 0 Å². The highest BCUT2D eigenvalue weighted by Gasteiger charge is 2.55. The number of nitrogens with zero attached hydrogens (tertiary/aromatic N) is 5. The summed E-state index contributed by atoms with van der Waals surface area (Å²) in [5, 5.41) is 14.6. The van der Waals surface area contributed by atoms with Crippen molar-refractivity contribution in [3.63, 3.8) is 0 Å². The number of carbonyl (C=O) groups excluding carboxylic acids is 2. The predicted molar refractivity (Wildman–Crippen MR) is 94.7 cm³/mol. The average Bonchev–Trinajstić information content (AvgIpc) is 3.37. The minimum Gasteiger partial charge on any atom is -0.319 e. The van der Waals surface area contributed by atoms with Gasteiger partial charge in [0.25, 0.3) is 5.91 Å². The molecule has 2 aliphatic rings. The number of rotatable bonds is 3. The molecular formula is C19H16N6O2. The van der Waals surface area contributed by atoms with Gasteiger partial charge in [-0.3, -0.25) is 9.69 Å². The smallest absolute Gasteiger partial charge is 0.319 e. The fraction of sp³-hybridized carbons (Fsp3) is 0.211. The zero-order valence-electron chi connectivity index (χ0n) is 14.4. The van der Waals surface area contributed by atoms with Gasteiger partial charge in [-0.05, 0) is 46.5 Å². The number of aromatic nitrogens is 4. The molecule has 2 aromatic carbocycles. The lowest BCUT2D eigenvalue weighted by atomic mass is 9.92. The number of fused-ring (bicyclic) bond motifs is 2. The molecule has 27 heavy (non-hydrogen) atoms. The Morgan fingerprint density at radius 1 is 1.04 bits per heavy atom. The topological polar surface area (TPSA) is 93.0 Å². The quantitative estimate of drug-likeness (QED) is 0.716. The normalized spacial score (nSPS) is 21.0. The summed E-state index contributed by atoms with van der Waals surface area (Å²) in [4.78, 5) is 27.1. The van der Waals surface area contributed by atoms with Gasteiger partial charge >= 0.3 is 6.03 Å². The van der Waals surface area contributed by atoms with Crippen LogP contribution in [0.15, 0.2) is 54.6 Å². The van der Waals surface area contributed by atoms with E-state index in [1.54, 1.807) is 0 Å². The van der Waals surface area contributed by atoms with Crippen LogP contribution >= 0.6 is 0 Å². The Bertz CT molecular complexity index is 1050. The molecule has 0 radical (unpaired) electrons. The number of benzene rings is 2. The number of para-hydroxylation sites is 1. The van der Waals surface area contributed by atoms with Crippen molar-refractivity contribution in [1.29, 1.82) is 0 Å². The Hall–Kier alpha value is -3.55. The zero-order chi connectivity index (χ0) is 18.4. The van der Waals surface area contributed by atoms with E-state index in [2.05, 4.69) is 20.8 Å². The lowest BCUT2D eigenvalue weighted by Gasteiger charge is -2.22. The van der Waals surface area contributed by atoms with Crippen LogP contribution in [0, 0.1) is 0 Å². The second-order valence-electron chi connectivity index (χ2n) is 6.73. The molecule has 1 aliphatic heterocycles. The number of amides is 3. The lowest BCUT2D eigenvalue weighted by Crippen LogP contribution is -2.41. The molecule has 0 bridgehead atoms. The lowest BCUT2D eigenvalue weighted by molar-refractivity contribution is -0.132. The fourth-order valence-corrected chi connectivity index (χ4v) is 3.95. The van der Waals surface area contributed by atoms with Crippen LogP contribution in [-0.2, 0) is 23.3 Å². The molecule has 2 heterocycles. The number of nitrogens with one attached hydrogen (secondary N) is 1. The first kappa shape index (κ1) is 15.7. The molecule has 8 nitrogen and oxygen atoms in total. The van der Waals surface area contributed by atoms with Crippen LogP contribution in [0.1, 0.15) is 23.4 Å². The van der Waals surface area contributed by atoms with Gasteiger partial charge in [0, 0.05) is 0 Å². The van der Waals surface area contributed by atoms with Crippen LogP contribution in [0.3, 0.4) is 0 Å². The molecule has 1 spiro atoms. The molecule has 1 N–H and O–H groups in total. The van der Waals surface area contributed by atoms with E-state index >= 15 is 0 Å². The van der Waals surface area contributed by atoms with Gasteiger partial charge in [-0.15, -0.1) is 5.10 Å². The number of imide groups is 1. The Kier molecular flexibility index (Phi) is 3.33. The number of hydrogen-bond acceptors (Lipinski definition) is 5. The highest BCUT2D eigenvalue weighted by molar-refractivity contribution is 6.08. The molecule has 3 amide bonds. The van der Waals surface area contributed by atoms with Crippen molar-refractivity contribution in [2.45, 2.75) is 24.9 Å². The van der Waals surface area contributed by atoms with Crippen LogP contribution in [-0.4, -0.2) is 37.0 Å². The van der Waals surface area contributed by atoms with Crippen molar-refractivity contribution in [3.05, 3.63) is 71.5 Å². The summed E-state index contributed by atoms with van der Waals surface area (Å²) in [5.41, 5.74) is 1.78. The standard InChI is InChI=1S/C19H16N6O2/c26-17-19(11-10-13-6-4-5-9-15(13)19)20-18(27)24(17)12-16-21-22-23-25(16)14-7-2-1-3-8-14/h1-9H,10-12H2,(H,20,27). The molecule has 1 atom stereocenters. The number of aryl methyl sites for hydroxylation is 1. The third-order valence-electron chi connectivity index (χ3n) is 5.26. The zero-order valence-corrected chi connectivity index (χ0v) is 14.4. The van der Waals surface area contributed by atoms with Crippen LogP contribution in [0.4, 0.5) is 4.79 Å². The Labute approximate surface area is 154 Å². The summed E-state index contributed by atoms with van der Waals surface area (Å²) >= 11 is 0. The monoisotopic (exact) mass is 360 g/mol. The van der Waals surface area contributed by atoms with Gasteiger partial charge in [0.1, 0.15) is 5.54 Å². The summed E-state index contributed by atoms with van der Waals surface area (Å²) in [6, 6.07) is 16.7. The number of urea groups is 1. The second-order valence-corrected chi connectivity index (χ2v) is 6.73. The molecule has 3 aromatic rings. The molecular weight excluding hydrogens is 344 g/mol. The molecule has 1 unspecified atom stereocenters. The van der Waals surface area contributed by atoms with Crippen molar-refractivity contribution >= 4 is 11.9 Å². The maximum Gasteiger partial charge on any atom is 0.325 e. The largest absolute Gasteiger partial charge is 0.325 e. The van der Waals surface area contributed by atoms with Crippen LogP contribution in [0.5, 0.6) is 0 Å². The van der Waals surface area contributed by atoms with Crippen LogP contribution in [0.25, 0.3) is 5.69 Å². The highest BCUT2D eigenvalue weighted by Crippen LogP contribution is 2.41. The van der Waals surface area contributed by atoms with E-state index < -0.39 is 11.6 Å². The third kappa shape index (κ3) is 2.26. The summed E-state index contributed by atoms with van der Waals surface area (Å²) in [6.45, 7) is 0.0104. The number of hydrogen-bond donors (Lipinski definition) is 1. The first-order valence-electron chi connectivity index (χ1n) is 8.74. The van der Waals surface area contributed by atoms with Crippen molar-refractivity contribution in [1.82, 2.24) is 30.4 Å². The SMILES string of the molecule is O=C1NC2(CCc3ccccc32)C(=O)N1Cc1nnnn1-c1ccccc1. The summed E-state index contributed by atoms with van der Waals surface area (Å²) in [5.74, 6) is 0.174. The summed E-state index contributed by atoms with van der Waals surface area (Å²) in [7, 11) is 0. The van der Waals surface area contributed by atoms with Crippen LogP contribution < -0.4 is 5.32 Å². The van der Waals surface area contributed by atoms with E-state index in [4.69, 9.17) is 0 Å². The van der Waals surface area contributed by atoms with Gasteiger partial charge < -0.3 is 5.32 Å². The highest BCUT2D eigenvalue weighted by atomic mass is 16.2. The molecule has 5 rings (SSSR count). The first-order valence-corrected chi connectivity index (χ1v) is 8.74. The van der Waals surface area contributed by atoms with Gasteiger partial charge in [0.2, 0.25) is 0 Å². The molecule has 1 fully saturated rings. The minimum absolute atomic E-state index is 0.0104. The van der Waals surface area contributed by atoms with Gasteiger partial charge in [-0.25, -0.2) is 4.79 Å². The van der Waals surface area contributed by atoms with Crippen molar-refractivity contribution in [2.75, 3.05) is 0 Å². The maximum atomic E-state index is 13.2. The number of tetrazole rings is 1. The molecule has 0 saturated carbocycles. The van der Waals surface area contributed by atoms with E-state index in [0.717, 1.165) is 23.2 Å². The Balaban J connectivity index is 1.48. The van der Waals surface area contributed by atoms with E-state index in [9.17, 15) is 9.59 Å². The van der Waals surface area contributed by atoms with Gasteiger partial charge in [-0.1, -0.05) is 42.5 Å². The van der Waals surface area contributed by atoms with Gasteiger partial charge in [-0.2, -0.15) is 4.68 Å². The van der Waals surface area contributed by atoms with E-state index in [1.165, 1.54) is 9.58 Å². The minimum atomic E-state index is -0.974. The molecule has 134 valence electrons. The molecule has 1 aromatic heterocycles.